The van der Waals surface area contributed by atoms with E-state index in [9.17, 15) is 4.79 Å². The van der Waals surface area contributed by atoms with Gasteiger partial charge in [-0.05, 0) is 6.92 Å². The van der Waals surface area contributed by atoms with Crippen LogP contribution in [0.25, 0.3) is 22.4 Å². The second kappa shape index (κ2) is 6.95. The molecule has 0 unspecified atom stereocenters. The van der Waals surface area contributed by atoms with Crippen molar-refractivity contribution in [1.82, 2.24) is 24.7 Å². The standard InChI is InChI=1S/C17H19FN6O3/c1-3-27-17(25)16-21-13-14(24-4-6-26-7-5-24)11(18)12(20-15(13)22-16)10-8-19-23(2)9-10/h8-9H,3-7H2,1-2H3,(H,20,21,22). The predicted molar refractivity (Wildman–Crippen MR) is 95.0 cm³/mol. The molecule has 1 aliphatic heterocycles. The highest BCUT2D eigenvalue weighted by atomic mass is 19.1. The number of aryl methyl sites for hydroxylation is 1. The maximum absolute atomic E-state index is 15.5. The van der Waals surface area contributed by atoms with Crippen molar-refractivity contribution in [2.45, 2.75) is 6.92 Å². The fraction of sp³-hybridized carbons (Fsp3) is 0.412. The summed E-state index contributed by atoms with van der Waals surface area (Å²) in [5.74, 6) is -1.11. The monoisotopic (exact) mass is 374 g/mol. The Morgan fingerprint density at radius 1 is 1.37 bits per heavy atom. The number of nitrogens with zero attached hydrogens (tertiary/aromatic N) is 5. The van der Waals surface area contributed by atoms with Crippen molar-refractivity contribution in [3.63, 3.8) is 0 Å². The summed E-state index contributed by atoms with van der Waals surface area (Å²) in [7, 11) is 1.75. The highest BCUT2D eigenvalue weighted by Crippen LogP contribution is 2.34. The molecule has 0 radical (unpaired) electrons. The summed E-state index contributed by atoms with van der Waals surface area (Å²) in [6.45, 7) is 3.93. The highest BCUT2D eigenvalue weighted by Gasteiger charge is 2.27. The van der Waals surface area contributed by atoms with E-state index in [1.54, 1.807) is 31.0 Å². The van der Waals surface area contributed by atoms with Crippen molar-refractivity contribution in [1.29, 1.82) is 0 Å². The molecule has 27 heavy (non-hydrogen) atoms. The zero-order valence-electron chi connectivity index (χ0n) is 15.0. The summed E-state index contributed by atoms with van der Waals surface area (Å²) in [6, 6.07) is 0. The van der Waals surface area contributed by atoms with E-state index in [1.807, 2.05) is 4.90 Å². The Kier molecular flexibility index (Phi) is 4.48. The van der Waals surface area contributed by atoms with Gasteiger partial charge in [0.25, 0.3) is 0 Å². The Bertz CT molecular complexity index is 992. The first kappa shape index (κ1) is 17.4. The molecule has 4 rings (SSSR count). The number of pyridine rings is 1. The Balaban J connectivity index is 1.91. The summed E-state index contributed by atoms with van der Waals surface area (Å²) in [5, 5.41) is 4.09. The number of carbonyl (C=O) groups is 1. The molecule has 0 aliphatic carbocycles. The topological polar surface area (TPSA) is 98.2 Å². The lowest BCUT2D eigenvalue weighted by Gasteiger charge is -2.29. The maximum Gasteiger partial charge on any atom is 0.374 e. The number of imidazole rings is 1. The molecule has 1 saturated heterocycles. The Hall–Kier alpha value is -3.01. The third-order valence-electron chi connectivity index (χ3n) is 4.32. The van der Waals surface area contributed by atoms with Crippen molar-refractivity contribution in [3.05, 3.63) is 24.0 Å². The van der Waals surface area contributed by atoms with Gasteiger partial charge in [-0.25, -0.2) is 19.2 Å². The lowest BCUT2D eigenvalue weighted by molar-refractivity contribution is 0.0513. The summed E-state index contributed by atoms with van der Waals surface area (Å²) < 4.78 is 27.4. The van der Waals surface area contributed by atoms with Crippen LogP contribution in [-0.2, 0) is 16.5 Å². The van der Waals surface area contributed by atoms with Crippen molar-refractivity contribution in [3.8, 4) is 11.3 Å². The maximum atomic E-state index is 15.5. The highest BCUT2D eigenvalue weighted by molar-refractivity contribution is 5.95. The molecule has 3 aromatic rings. The zero-order chi connectivity index (χ0) is 19.0. The fourth-order valence-electron chi connectivity index (χ4n) is 3.09. The van der Waals surface area contributed by atoms with Crippen LogP contribution in [0.5, 0.6) is 0 Å². The first-order valence-corrected chi connectivity index (χ1v) is 8.66. The number of ether oxygens (including phenoxy) is 2. The number of nitrogens with one attached hydrogen (secondary N) is 1. The number of halogens is 1. The molecule has 0 bridgehead atoms. The van der Waals surface area contributed by atoms with E-state index in [0.717, 1.165) is 0 Å². The van der Waals surface area contributed by atoms with Crippen molar-refractivity contribution < 1.29 is 18.7 Å². The number of aromatic nitrogens is 5. The van der Waals surface area contributed by atoms with Gasteiger partial charge in [0.05, 0.1) is 26.0 Å². The van der Waals surface area contributed by atoms with Crippen molar-refractivity contribution in [2.24, 2.45) is 7.05 Å². The number of rotatable bonds is 4. The Morgan fingerprint density at radius 3 is 2.81 bits per heavy atom. The zero-order valence-corrected chi connectivity index (χ0v) is 15.0. The third kappa shape index (κ3) is 3.12. The van der Waals surface area contributed by atoms with E-state index < -0.39 is 11.8 Å². The summed E-state index contributed by atoms with van der Waals surface area (Å²) in [6.07, 6.45) is 3.23. The quantitative estimate of drug-likeness (QED) is 0.691. The van der Waals surface area contributed by atoms with Gasteiger partial charge in [-0.3, -0.25) is 4.68 Å². The second-order valence-electron chi connectivity index (χ2n) is 6.13. The van der Waals surface area contributed by atoms with Crippen molar-refractivity contribution >= 4 is 22.8 Å². The van der Waals surface area contributed by atoms with E-state index in [-0.39, 0.29) is 18.1 Å². The van der Waals surface area contributed by atoms with Gasteiger partial charge in [0, 0.05) is 31.9 Å². The van der Waals surface area contributed by atoms with Crippen LogP contribution in [-0.4, -0.2) is 63.6 Å². The predicted octanol–water partition coefficient (Wildman–Crippen LogP) is 1.51. The van der Waals surface area contributed by atoms with Crippen LogP contribution in [0.3, 0.4) is 0 Å². The summed E-state index contributed by atoms with van der Waals surface area (Å²) in [5.41, 5.74) is 1.61. The van der Waals surface area contributed by atoms with Gasteiger partial charge in [0.2, 0.25) is 5.82 Å². The number of esters is 1. The number of morpholine rings is 1. The number of anilines is 1. The molecule has 0 atom stereocenters. The first-order chi connectivity index (χ1) is 13.1. The van der Waals surface area contributed by atoms with Crippen LogP contribution >= 0.6 is 0 Å². The van der Waals surface area contributed by atoms with Crippen LogP contribution in [0.1, 0.15) is 17.5 Å². The molecule has 0 amide bonds. The third-order valence-corrected chi connectivity index (χ3v) is 4.32. The average molecular weight is 374 g/mol. The molecular weight excluding hydrogens is 355 g/mol. The summed E-state index contributed by atoms with van der Waals surface area (Å²) in [4.78, 5) is 25.4. The molecule has 4 heterocycles. The molecule has 1 N–H and O–H groups in total. The van der Waals surface area contributed by atoms with Crippen LogP contribution < -0.4 is 4.90 Å². The SMILES string of the molecule is CCOC(=O)c1nc2c(N3CCOCC3)c(F)c(-c3cnn(C)c3)nc2[nH]1. The van der Waals surface area contributed by atoms with Crippen LogP contribution in [0.2, 0.25) is 0 Å². The number of hydrogen-bond donors (Lipinski definition) is 1. The molecule has 0 saturated carbocycles. The smallest absolute Gasteiger partial charge is 0.374 e. The van der Waals surface area contributed by atoms with E-state index in [2.05, 4.69) is 20.1 Å². The number of fused-ring (bicyclic) bond motifs is 1. The van der Waals surface area contributed by atoms with Crippen LogP contribution in [0.4, 0.5) is 10.1 Å². The van der Waals surface area contributed by atoms with Gasteiger partial charge < -0.3 is 19.4 Å². The average Bonchev–Trinajstić information content (AvgIpc) is 3.28. The van der Waals surface area contributed by atoms with Gasteiger partial charge in [0.15, 0.2) is 11.5 Å². The van der Waals surface area contributed by atoms with Crippen LogP contribution in [0.15, 0.2) is 12.4 Å². The molecule has 1 fully saturated rings. The van der Waals surface area contributed by atoms with E-state index in [0.29, 0.717) is 48.7 Å². The number of aromatic amines is 1. The molecular formula is C17H19FN6O3. The van der Waals surface area contributed by atoms with E-state index >= 15 is 4.39 Å². The van der Waals surface area contributed by atoms with Crippen LogP contribution in [0, 0.1) is 5.82 Å². The van der Waals surface area contributed by atoms with E-state index in [1.165, 1.54) is 0 Å². The molecule has 9 nitrogen and oxygen atoms in total. The molecule has 0 spiro atoms. The molecule has 0 aromatic carbocycles. The molecule has 1 aliphatic rings. The Morgan fingerprint density at radius 2 is 2.15 bits per heavy atom. The van der Waals surface area contributed by atoms with Gasteiger partial charge in [-0.15, -0.1) is 0 Å². The molecule has 142 valence electrons. The minimum Gasteiger partial charge on any atom is -0.460 e. The normalized spacial score (nSPS) is 14.7. The largest absolute Gasteiger partial charge is 0.460 e. The first-order valence-electron chi connectivity index (χ1n) is 8.66. The minimum atomic E-state index is -0.605. The second-order valence-corrected chi connectivity index (χ2v) is 6.13. The summed E-state index contributed by atoms with van der Waals surface area (Å²) >= 11 is 0. The van der Waals surface area contributed by atoms with Gasteiger partial charge in [-0.1, -0.05) is 0 Å². The minimum absolute atomic E-state index is 0.00315. The number of carbonyl (C=O) groups excluding carboxylic acids is 1. The van der Waals surface area contributed by atoms with Gasteiger partial charge >= 0.3 is 5.97 Å². The lowest BCUT2D eigenvalue weighted by Crippen LogP contribution is -2.37. The van der Waals surface area contributed by atoms with Gasteiger partial charge in [-0.2, -0.15) is 5.10 Å². The number of hydrogen-bond acceptors (Lipinski definition) is 7. The fourth-order valence-corrected chi connectivity index (χ4v) is 3.09. The lowest BCUT2D eigenvalue weighted by atomic mass is 10.1. The Labute approximate surface area is 154 Å². The van der Waals surface area contributed by atoms with Crippen molar-refractivity contribution in [2.75, 3.05) is 37.8 Å². The van der Waals surface area contributed by atoms with Gasteiger partial charge in [0.1, 0.15) is 16.9 Å². The number of H-pyrrole nitrogens is 1. The van der Waals surface area contributed by atoms with E-state index in [4.69, 9.17) is 9.47 Å². The molecule has 3 aromatic heterocycles. The molecule has 10 heteroatoms.